The van der Waals surface area contributed by atoms with E-state index in [0.717, 1.165) is 50.7 Å². The van der Waals surface area contributed by atoms with Gasteiger partial charge in [0.1, 0.15) is 0 Å². The largest absolute Gasteiger partial charge is 0.501 e. The normalized spacial score (nSPS) is 34.8. The van der Waals surface area contributed by atoms with Crippen LogP contribution in [0.5, 0.6) is 0 Å². The van der Waals surface area contributed by atoms with Crippen LogP contribution < -0.4 is 0 Å². The Kier molecular flexibility index (Phi) is 3.29. The van der Waals surface area contributed by atoms with Crippen molar-refractivity contribution >= 4 is 0 Å². The summed E-state index contributed by atoms with van der Waals surface area (Å²) in [5.74, 6) is 0. The lowest BCUT2D eigenvalue weighted by atomic mass is 9.81. The molecule has 0 aromatic heterocycles. The van der Waals surface area contributed by atoms with Crippen molar-refractivity contribution in [3.05, 3.63) is 11.8 Å². The molecule has 0 aromatic rings. The Balaban J connectivity index is 2.09. The highest BCUT2D eigenvalue weighted by Gasteiger charge is 2.37. The van der Waals surface area contributed by atoms with Gasteiger partial charge in [-0.25, -0.2) is 0 Å². The molecule has 2 rings (SSSR count). The van der Waals surface area contributed by atoms with Gasteiger partial charge in [0.15, 0.2) is 0 Å². The third kappa shape index (κ3) is 2.60. The Bertz CT molecular complexity index is 280. The molecule has 0 aromatic carbocycles. The van der Waals surface area contributed by atoms with E-state index in [0.29, 0.717) is 5.41 Å². The summed E-state index contributed by atoms with van der Waals surface area (Å²) in [5, 5.41) is 10.8. The predicted molar refractivity (Wildman–Crippen MR) is 65.1 cm³/mol. The molecule has 1 saturated carbocycles. The summed E-state index contributed by atoms with van der Waals surface area (Å²) in [5.41, 5.74) is 0.950. The summed E-state index contributed by atoms with van der Waals surface area (Å²) in [6.45, 7) is 5.43. The highest BCUT2D eigenvalue weighted by Crippen LogP contribution is 2.42. The predicted octanol–water partition coefficient (Wildman–Crippen LogP) is 3.40. The Morgan fingerprint density at radius 1 is 1.12 bits per heavy atom. The first kappa shape index (κ1) is 12.0. The topological polar surface area (TPSA) is 29.5 Å². The molecule has 16 heavy (non-hydrogen) atoms. The van der Waals surface area contributed by atoms with Gasteiger partial charge in [-0.2, -0.15) is 0 Å². The van der Waals surface area contributed by atoms with Crippen molar-refractivity contribution in [2.75, 3.05) is 6.61 Å². The molecular weight excluding hydrogens is 200 g/mol. The van der Waals surface area contributed by atoms with Crippen molar-refractivity contribution in [3.8, 4) is 0 Å². The van der Waals surface area contributed by atoms with Gasteiger partial charge in [0.2, 0.25) is 0 Å². The minimum absolute atomic E-state index is 0.389. The van der Waals surface area contributed by atoms with Gasteiger partial charge < -0.3 is 9.84 Å². The average molecular weight is 224 g/mol. The summed E-state index contributed by atoms with van der Waals surface area (Å²) < 4.78 is 5.37. The molecule has 2 heteroatoms. The van der Waals surface area contributed by atoms with Gasteiger partial charge in [-0.1, -0.05) is 13.8 Å². The van der Waals surface area contributed by atoms with Crippen molar-refractivity contribution in [3.63, 3.8) is 0 Å². The van der Waals surface area contributed by atoms with Gasteiger partial charge in [-0.3, -0.25) is 0 Å². The summed E-state index contributed by atoms with van der Waals surface area (Å²) in [6, 6.07) is 0. The molecule has 1 fully saturated rings. The Morgan fingerprint density at radius 3 is 2.62 bits per heavy atom. The average Bonchev–Trinajstić information content (AvgIpc) is 2.41. The van der Waals surface area contributed by atoms with Crippen molar-refractivity contribution in [1.29, 1.82) is 0 Å². The molecule has 1 aliphatic heterocycles. The van der Waals surface area contributed by atoms with Crippen LogP contribution in [-0.2, 0) is 4.74 Å². The third-order valence-corrected chi connectivity index (χ3v) is 4.19. The Labute approximate surface area is 98.7 Å². The lowest BCUT2D eigenvalue weighted by Gasteiger charge is -2.32. The van der Waals surface area contributed by atoms with Crippen LogP contribution in [0.15, 0.2) is 11.8 Å². The molecule has 2 nitrogen and oxygen atoms in total. The van der Waals surface area contributed by atoms with E-state index in [4.69, 9.17) is 4.74 Å². The summed E-state index contributed by atoms with van der Waals surface area (Å²) in [6.07, 6.45) is 9.15. The second-order valence-corrected chi connectivity index (χ2v) is 6.17. The molecule has 2 aliphatic rings. The van der Waals surface area contributed by atoms with Crippen LogP contribution in [0.25, 0.3) is 0 Å². The minimum atomic E-state index is -0.575. The molecule has 0 saturated heterocycles. The zero-order chi connectivity index (χ0) is 11.6. The van der Waals surface area contributed by atoms with E-state index in [1.54, 1.807) is 0 Å². The Hall–Kier alpha value is -0.500. The zero-order valence-corrected chi connectivity index (χ0v) is 10.6. The van der Waals surface area contributed by atoms with E-state index >= 15 is 0 Å². The molecule has 1 unspecified atom stereocenters. The maximum atomic E-state index is 10.8. The number of rotatable bonds is 1. The molecule has 0 bridgehead atoms. The molecule has 1 heterocycles. The molecule has 1 aliphatic carbocycles. The van der Waals surface area contributed by atoms with Crippen LogP contribution in [0.2, 0.25) is 0 Å². The summed E-state index contributed by atoms with van der Waals surface area (Å²) >= 11 is 0. The quantitative estimate of drug-likeness (QED) is 0.692. The maximum Gasteiger partial charge on any atom is 0.0889 e. The van der Waals surface area contributed by atoms with E-state index in [1.807, 2.05) is 6.26 Å². The minimum Gasteiger partial charge on any atom is -0.501 e. The van der Waals surface area contributed by atoms with Gasteiger partial charge in [0, 0.05) is 0 Å². The molecule has 1 N–H and O–H groups in total. The molecule has 0 amide bonds. The van der Waals surface area contributed by atoms with E-state index in [-0.39, 0.29) is 0 Å². The van der Waals surface area contributed by atoms with Crippen LogP contribution in [0.4, 0.5) is 0 Å². The van der Waals surface area contributed by atoms with Gasteiger partial charge in [-0.15, -0.1) is 0 Å². The van der Waals surface area contributed by atoms with E-state index < -0.39 is 5.60 Å². The van der Waals surface area contributed by atoms with Crippen molar-refractivity contribution in [1.82, 2.24) is 0 Å². The lowest BCUT2D eigenvalue weighted by molar-refractivity contribution is 0.0450. The molecular formula is C14H24O2. The van der Waals surface area contributed by atoms with Crippen LogP contribution in [0, 0.1) is 5.41 Å². The van der Waals surface area contributed by atoms with Gasteiger partial charge in [-0.05, 0) is 55.9 Å². The fourth-order valence-electron chi connectivity index (χ4n) is 2.88. The number of hydrogen-bond acceptors (Lipinski definition) is 2. The van der Waals surface area contributed by atoms with Crippen LogP contribution in [0.3, 0.4) is 0 Å². The fraction of sp³-hybridized carbons (Fsp3) is 0.857. The molecule has 0 spiro atoms. The molecule has 1 atom stereocenters. The lowest BCUT2D eigenvalue weighted by Crippen LogP contribution is -2.32. The molecule has 92 valence electrons. The van der Waals surface area contributed by atoms with Gasteiger partial charge >= 0.3 is 0 Å². The van der Waals surface area contributed by atoms with Crippen LogP contribution in [-0.4, -0.2) is 17.3 Å². The second kappa shape index (κ2) is 4.40. The van der Waals surface area contributed by atoms with Gasteiger partial charge in [0.25, 0.3) is 0 Å². The summed E-state index contributed by atoms with van der Waals surface area (Å²) in [4.78, 5) is 0. The second-order valence-electron chi connectivity index (χ2n) is 6.17. The SMILES string of the molecule is CC1(C)CCCC(O)(C2=COCCC2)CC1. The number of ether oxygens (including phenoxy) is 1. The summed E-state index contributed by atoms with van der Waals surface area (Å²) in [7, 11) is 0. The fourth-order valence-corrected chi connectivity index (χ4v) is 2.88. The smallest absolute Gasteiger partial charge is 0.0889 e. The monoisotopic (exact) mass is 224 g/mol. The van der Waals surface area contributed by atoms with E-state index in [1.165, 1.54) is 6.42 Å². The first-order valence-electron chi connectivity index (χ1n) is 6.55. The molecule has 0 radical (unpaired) electrons. The highest BCUT2D eigenvalue weighted by molar-refractivity contribution is 5.16. The van der Waals surface area contributed by atoms with Crippen molar-refractivity contribution in [2.45, 2.75) is 64.4 Å². The number of aliphatic hydroxyl groups is 1. The van der Waals surface area contributed by atoms with Gasteiger partial charge in [0.05, 0.1) is 18.5 Å². The Morgan fingerprint density at radius 2 is 1.94 bits per heavy atom. The first-order chi connectivity index (χ1) is 7.52. The number of hydrogen-bond donors (Lipinski definition) is 1. The first-order valence-corrected chi connectivity index (χ1v) is 6.55. The van der Waals surface area contributed by atoms with E-state index in [2.05, 4.69) is 13.8 Å². The standard InChI is InChI=1S/C14H24O2/c1-13(2)6-4-7-14(15,9-8-13)12-5-3-10-16-11-12/h11,15H,3-10H2,1-2H3. The van der Waals surface area contributed by atoms with Crippen molar-refractivity contribution in [2.24, 2.45) is 5.41 Å². The van der Waals surface area contributed by atoms with Crippen molar-refractivity contribution < 1.29 is 9.84 Å². The van der Waals surface area contributed by atoms with Crippen LogP contribution in [0.1, 0.15) is 58.8 Å². The van der Waals surface area contributed by atoms with E-state index in [9.17, 15) is 5.11 Å². The zero-order valence-electron chi connectivity index (χ0n) is 10.6. The maximum absolute atomic E-state index is 10.8. The van der Waals surface area contributed by atoms with Crippen LogP contribution >= 0.6 is 0 Å². The highest BCUT2D eigenvalue weighted by atomic mass is 16.5. The third-order valence-electron chi connectivity index (χ3n) is 4.19.